The summed E-state index contributed by atoms with van der Waals surface area (Å²) in [5, 5.41) is 0. The molecule has 1 amide bonds. The predicted octanol–water partition coefficient (Wildman–Crippen LogP) is 4.49. The SMILES string of the molecule is Cc1ccc(-c2ccc3c(c2)CC[C@H]2N(C)C(=O)CC[C@]32C)cc1. The molecule has 2 heteroatoms. The van der Waals surface area contributed by atoms with Gasteiger partial charge in [-0.3, -0.25) is 4.79 Å². The number of carbonyl (C=O) groups excluding carboxylic acids is 1. The van der Waals surface area contributed by atoms with E-state index in [-0.39, 0.29) is 5.41 Å². The molecule has 124 valence electrons. The maximum atomic E-state index is 12.1. The molecule has 2 aliphatic rings. The lowest BCUT2D eigenvalue weighted by Gasteiger charge is -2.50. The summed E-state index contributed by atoms with van der Waals surface area (Å²) < 4.78 is 0. The number of benzene rings is 2. The third-order valence-corrected chi connectivity index (χ3v) is 6.25. The summed E-state index contributed by atoms with van der Waals surface area (Å²) in [5.74, 6) is 0.303. The Kier molecular flexibility index (Phi) is 3.52. The molecule has 1 aliphatic carbocycles. The quantitative estimate of drug-likeness (QED) is 0.758. The normalized spacial score (nSPS) is 26.0. The molecule has 2 atom stereocenters. The molecule has 0 bridgehead atoms. The van der Waals surface area contributed by atoms with E-state index in [4.69, 9.17) is 0 Å². The van der Waals surface area contributed by atoms with Gasteiger partial charge in [-0.05, 0) is 48.4 Å². The van der Waals surface area contributed by atoms with E-state index >= 15 is 0 Å². The molecule has 2 aromatic rings. The van der Waals surface area contributed by atoms with Crippen molar-refractivity contribution in [2.24, 2.45) is 0 Å². The molecule has 1 aliphatic heterocycles. The molecule has 0 saturated carbocycles. The number of amides is 1. The molecular weight excluding hydrogens is 294 g/mol. The van der Waals surface area contributed by atoms with Gasteiger partial charge < -0.3 is 4.90 Å². The van der Waals surface area contributed by atoms with Gasteiger partial charge in [-0.15, -0.1) is 0 Å². The highest BCUT2D eigenvalue weighted by atomic mass is 16.2. The van der Waals surface area contributed by atoms with E-state index in [0.717, 1.165) is 19.3 Å². The first-order valence-corrected chi connectivity index (χ1v) is 8.95. The molecule has 4 rings (SSSR count). The summed E-state index contributed by atoms with van der Waals surface area (Å²) in [6, 6.07) is 16.1. The molecule has 1 saturated heterocycles. The van der Waals surface area contributed by atoms with Crippen LogP contribution >= 0.6 is 0 Å². The Bertz CT molecular complexity index is 792. The Morgan fingerprint density at radius 2 is 1.75 bits per heavy atom. The zero-order valence-electron chi connectivity index (χ0n) is 14.8. The van der Waals surface area contributed by atoms with Crippen LogP contribution in [0.4, 0.5) is 0 Å². The van der Waals surface area contributed by atoms with Crippen LogP contribution in [0.25, 0.3) is 11.1 Å². The predicted molar refractivity (Wildman–Crippen MR) is 98.1 cm³/mol. The standard InChI is InChI=1S/C22H25NO/c1-15-4-6-16(7-5-15)17-8-10-19-18(14-17)9-11-20-22(19,2)13-12-21(24)23(20)3/h4-8,10,14,20H,9,11-13H2,1-3H3/t20-,22-/m1/s1. The second-order valence-corrected chi connectivity index (χ2v) is 7.71. The smallest absolute Gasteiger partial charge is 0.222 e. The van der Waals surface area contributed by atoms with Crippen molar-refractivity contribution in [1.29, 1.82) is 0 Å². The minimum atomic E-state index is 0.0993. The van der Waals surface area contributed by atoms with Gasteiger partial charge in [0, 0.05) is 24.9 Å². The van der Waals surface area contributed by atoms with Gasteiger partial charge in [0.15, 0.2) is 0 Å². The van der Waals surface area contributed by atoms with Gasteiger partial charge in [0.2, 0.25) is 5.91 Å². The van der Waals surface area contributed by atoms with Crippen LogP contribution in [0.15, 0.2) is 42.5 Å². The molecule has 24 heavy (non-hydrogen) atoms. The van der Waals surface area contributed by atoms with E-state index in [9.17, 15) is 4.79 Å². The molecule has 0 spiro atoms. The summed E-state index contributed by atoms with van der Waals surface area (Å²) in [5.41, 5.74) is 6.90. The number of likely N-dealkylation sites (tertiary alicyclic amines) is 1. The number of piperidine rings is 1. The van der Waals surface area contributed by atoms with Gasteiger partial charge in [-0.25, -0.2) is 0 Å². The average molecular weight is 319 g/mol. The van der Waals surface area contributed by atoms with Crippen LogP contribution in [-0.2, 0) is 16.6 Å². The van der Waals surface area contributed by atoms with Crippen LogP contribution in [0.1, 0.15) is 42.9 Å². The Morgan fingerprint density at radius 3 is 2.50 bits per heavy atom. The number of carbonyl (C=O) groups is 1. The van der Waals surface area contributed by atoms with Gasteiger partial charge in [0.25, 0.3) is 0 Å². The van der Waals surface area contributed by atoms with E-state index in [2.05, 4.69) is 56.3 Å². The van der Waals surface area contributed by atoms with Crippen molar-refractivity contribution in [3.05, 3.63) is 59.2 Å². The van der Waals surface area contributed by atoms with Crippen molar-refractivity contribution in [2.75, 3.05) is 7.05 Å². The van der Waals surface area contributed by atoms with Crippen molar-refractivity contribution < 1.29 is 4.79 Å². The van der Waals surface area contributed by atoms with Crippen LogP contribution < -0.4 is 0 Å². The van der Waals surface area contributed by atoms with Gasteiger partial charge in [0.05, 0.1) is 0 Å². The lowest BCUT2D eigenvalue weighted by atomic mass is 9.63. The van der Waals surface area contributed by atoms with Gasteiger partial charge in [0.1, 0.15) is 0 Å². The number of fused-ring (bicyclic) bond motifs is 3. The first-order chi connectivity index (χ1) is 11.5. The minimum absolute atomic E-state index is 0.0993. The fourth-order valence-corrected chi connectivity index (χ4v) is 4.71. The molecule has 1 fully saturated rings. The van der Waals surface area contributed by atoms with Crippen LogP contribution in [0.5, 0.6) is 0 Å². The van der Waals surface area contributed by atoms with Crippen molar-refractivity contribution in [2.45, 2.75) is 51.0 Å². The molecule has 0 radical (unpaired) electrons. The van der Waals surface area contributed by atoms with Gasteiger partial charge in [-0.2, -0.15) is 0 Å². The van der Waals surface area contributed by atoms with Crippen LogP contribution in [0, 0.1) is 6.92 Å². The molecule has 1 heterocycles. The Morgan fingerprint density at radius 1 is 1.04 bits per heavy atom. The van der Waals surface area contributed by atoms with Crippen molar-refractivity contribution in [3.63, 3.8) is 0 Å². The second-order valence-electron chi connectivity index (χ2n) is 7.71. The average Bonchev–Trinajstić information content (AvgIpc) is 2.59. The molecule has 0 N–H and O–H groups in total. The topological polar surface area (TPSA) is 20.3 Å². The highest BCUT2D eigenvalue weighted by molar-refractivity contribution is 5.78. The number of hydrogen-bond acceptors (Lipinski definition) is 1. The van der Waals surface area contributed by atoms with E-state index < -0.39 is 0 Å². The monoisotopic (exact) mass is 319 g/mol. The van der Waals surface area contributed by atoms with Gasteiger partial charge in [-0.1, -0.05) is 55.0 Å². The zero-order valence-corrected chi connectivity index (χ0v) is 14.8. The van der Waals surface area contributed by atoms with Crippen LogP contribution in [0.3, 0.4) is 0 Å². The molecular formula is C22H25NO. The van der Waals surface area contributed by atoms with Gasteiger partial charge >= 0.3 is 0 Å². The molecule has 0 aromatic heterocycles. The van der Waals surface area contributed by atoms with Crippen molar-refractivity contribution in [1.82, 2.24) is 4.90 Å². The lowest BCUT2D eigenvalue weighted by molar-refractivity contribution is -0.138. The first kappa shape index (κ1) is 15.4. The fraction of sp³-hybridized carbons (Fsp3) is 0.409. The van der Waals surface area contributed by atoms with Crippen molar-refractivity contribution in [3.8, 4) is 11.1 Å². The van der Waals surface area contributed by atoms with Crippen molar-refractivity contribution >= 4 is 5.91 Å². The van der Waals surface area contributed by atoms with E-state index in [0.29, 0.717) is 18.4 Å². The Labute approximate surface area is 144 Å². The number of aryl methyl sites for hydroxylation is 2. The van der Waals surface area contributed by atoms with Crippen LogP contribution in [-0.4, -0.2) is 23.9 Å². The third-order valence-electron chi connectivity index (χ3n) is 6.25. The first-order valence-electron chi connectivity index (χ1n) is 8.95. The highest BCUT2D eigenvalue weighted by Crippen LogP contribution is 2.46. The molecule has 2 aromatic carbocycles. The van der Waals surface area contributed by atoms with E-state index in [1.165, 1.54) is 27.8 Å². The Hall–Kier alpha value is -2.09. The number of hydrogen-bond donors (Lipinski definition) is 0. The highest BCUT2D eigenvalue weighted by Gasteiger charge is 2.46. The fourth-order valence-electron chi connectivity index (χ4n) is 4.71. The summed E-state index contributed by atoms with van der Waals surface area (Å²) >= 11 is 0. The van der Waals surface area contributed by atoms with Crippen LogP contribution in [0.2, 0.25) is 0 Å². The van der Waals surface area contributed by atoms with E-state index in [1.807, 2.05) is 11.9 Å². The maximum absolute atomic E-state index is 12.1. The summed E-state index contributed by atoms with van der Waals surface area (Å²) in [4.78, 5) is 14.1. The Balaban J connectivity index is 1.74. The minimum Gasteiger partial charge on any atom is -0.342 e. The maximum Gasteiger partial charge on any atom is 0.222 e. The zero-order chi connectivity index (χ0) is 16.9. The summed E-state index contributed by atoms with van der Waals surface area (Å²) in [7, 11) is 1.98. The number of likely N-dealkylation sites (N-methyl/N-ethyl adjacent to an activating group) is 1. The number of rotatable bonds is 1. The molecule has 2 nitrogen and oxygen atoms in total. The third kappa shape index (κ3) is 2.28. The van der Waals surface area contributed by atoms with E-state index in [1.54, 1.807) is 0 Å². The summed E-state index contributed by atoms with van der Waals surface area (Å²) in [6.07, 6.45) is 3.77. The largest absolute Gasteiger partial charge is 0.342 e. The molecule has 0 unspecified atom stereocenters. The second kappa shape index (κ2) is 5.47. The lowest BCUT2D eigenvalue weighted by Crippen LogP contribution is -2.56. The summed E-state index contributed by atoms with van der Waals surface area (Å²) in [6.45, 7) is 4.47. The number of nitrogens with zero attached hydrogens (tertiary/aromatic N) is 1.